The smallest absolute Gasteiger partial charge is 0.150 e. The van der Waals surface area contributed by atoms with E-state index in [4.69, 9.17) is 0 Å². The van der Waals surface area contributed by atoms with Gasteiger partial charge in [-0.25, -0.2) is 0 Å². The summed E-state index contributed by atoms with van der Waals surface area (Å²) < 4.78 is 2.33. The van der Waals surface area contributed by atoms with Crippen molar-refractivity contribution in [2.75, 3.05) is 26.7 Å². The first-order valence-corrected chi connectivity index (χ1v) is 6.18. The molecular formula is C11H19N5. The van der Waals surface area contributed by atoms with Crippen LogP contribution < -0.4 is 5.32 Å². The standard InChI is InChI=1S/C11H19N5/c1-15-6-4-10-13-14-11(16(10)8-7-15)9-3-2-5-12-9/h9,12H,2-8H2,1H3/t9-/m1/s1. The summed E-state index contributed by atoms with van der Waals surface area (Å²) in [7, 11) is 2.17. The number of hydrogen-bond acceptors (Lipinski definition) is 4. The molecule has 1 atom stereocenters. The van der Waals surface area contributed by atoms with Gasteiger partial charge in [0.05, 0.1) is 6.04 Å². The number of likely N-dealkylation sites (N-methyl/N-ethyl adjacent to an activating group) is 1. The largest absolute Gasteiger partial charge is 0.312 e. The molecule has 0 radical (unpaired) electrons. The Morgan fingerprint density at radius 2 is 2.19 bits per heavy atom. The Morgan fingerprint density at radius 3 is 3.00 bits per heavy atom. The maximum atomic E-state index is 4.38. The van der Waals surface area contributed by atoms with Crippen LogP contribution in [0.5, 0.6) is 0 Å². The second-order valence-electron chi connectivity index (χ2n) is 4.83. The van der Waals surface area contributed by atoms with Crippen molar-refractivity contribution in [3.8, 4) is 0 Å². The third-order valence-electron chi connectivity index (χ3n) is 3.65. The number of nitrogens with zero attached hydrogens (tertiary/aromatic N) is 4. The third kappa shape index (κ3) is 1.74. The van der Waals surface area contributed by atoms with Gasteiger partial charge in [-0.3, -0.25) is 0 Å². The predicted octanol–water partition coefficient (Wildman–Crippen LogP) is 0.190. The minimum Gasteiger partial charge on any atom is -0.312 e. The molecule has 1 aromatic heterocycles. The van der Waals surface area contributed by atoms with Crippen molar-refractivity contribution in [1.82, 2.24) is 25.0 Å². The molecule has 0 aliphatic carbocycles. The molecule has 0 aromatic carbocycles. The molecule has 0 amide bonds. The lowest BCUT2D eigenvalue weighted by Gasteiger charge is -2.14. The maximum Gasteiger partial charge on any atom is 0.150 e. The molecule has 0 spiro atoms. The lowest BCUT2D eigenvalue weighted by molar-refractivity contribution is 0.338. The van der Waals surface area contributed by atoms with Gasteiger partial charge in [-0.15, -0.1) is 10.2 Å². The van der Waals surface area contributed by atoms with E-state index in [2.05, 4.69) is 32.0 Å². The van der Waals surface area contributed by atoms with E-state index in [1.165, 1.54) is 12.8 Å². The van der Waals surface area contributed by atoms with Crippen molar-refractivity contribution in [3.63, 3.8) is 0 Å². The molecule has 1 N–H and O–H groups in total. The Balaban J connectivity index is 1.87. The van der Waals surface area contributed by atoms with Crippen LogP contribution in [0.2, 0.25) is 0 Å². The maximum absolute atomic E-state index is 4.38. The highest BCUT2D eigenvalue weighted by molar-refractivity contribution is 5.04. The first-order valence-electron chi connectivity index (χ1n) is 6.18. The van der Waals surface area contributed by atoms with Crippen LogP contribution in [-0.2, 0) is 13.0 Å². The third-order valence-corrected chi connectivity index (χ3v) is 3.65. The SMILES string of the molecule is CN1CCc2nnc([C@H]3CCCN3)n2CC1. The van der Waals surface area contributed by atoms with Gasteiger partial charge in [-0.05, 0) is 26.4 Å². The Kier molecular flexibility index (Phi) is 2.65. The molecule has 16 heavy (non-hydrogen) atoms. The van der Waals surface area contributed by atoms with E-state index >= 15 is 0 Å². The first-order chi connectivity index (χ1) is 7.84. The zero-order valence-electron chi connectivity index (χ0n) is 9.82. The minimum absolute atomic E-state index is 0.435. The van der Waals surface area contributed by atoms with Crippen LogP contribution in [0.15, 0.2) is 0 Å². The summed E-state index contributed by atoms with van der Waals surface area (Å²) in [6.07, 6.45) is 3.48. The van der Waals surface area contributed by atoms with Crippen LogP contribution in [0.25, 0.3) is 0 Å². The van der Waals surface area contributed by atoms with Crippen LogP contribution in [0.4, 0.5) is 0 Å². The summed E-state index contributed by atoms with van der Waals surface area (Å²) in [4.78, 5) is 2.36. The first kappa shape index (κ1) is 10.2. The number of aromatic nitrogens is 3. The molecule has 0 saturated carbocycles. The van der Waals surface area contributed by atoms with Crippen LogP contribution in [0.1, 0.15) is 30.5 Å². The molecule has 2 aliphatic heterocycles. The Bertz CT molecular complexity index is 366. The van der Waals surface area contributed by atoms with Gasteiger partial charge >= 0.3 is 0 Å². The van der Waals surface area contributed by atoms with Crippen molar-refractivity contribution < 1.29 is 0 Å². The zero-order chi connectivity index (χ0) is 11.0. The Labute approximate surface area is 95.8 Å². The molecular weight excluding hydrogens is 202 g/mol. The summed E-state index contributed by atoms with van der Waals surface area (Å²) in [5.74, 6) is 2.32. The molecule has 2 aliphatic rings. The molecule has 5 nitrogen and oxygen atoms in total. The summed E-state index contributed by atoms with van der Waals surface area (Å²) in [6, 6.07) is 0.435. The van der Waals surface area contributed by atoms with Gasteiger partial charge in [-0.1, -0.05) is 0 Å². The van der Waals surface area contributed by atoms with E-state index < -0.39 is 0 Å². The Hall–Kier alpha value is -0.940. The number of fused-ring (bicyclic) bond motifs is 1. The second kappa shape index (κ2) is 4.14. The van der Waals surface area contributed by atoms with E-state index in [-0.39, 0.29) is 0 Å². The van der Waals surface area contributed by atoms with Crippen molar-refractivity contribution >= 4 is 0 Å². The molecule has 88 valence electrons. The van der Waals surface area contributed by atoms with Gasteiger partial charge in [0, 0.05) is 26.1 Å². The van der Waals surface area contributed by atoms with Gasteiger partial charge in [0.1, 0.15) is 11.6 Å². The van der Waals surface area contributed by atoms with Crippen LogP contribution in [-0.4, -0.2) is 46.3 Å². The van der Waals surface area contributed by atoms with Gasteiger partial charge in [0.2, 0.25) is 0 Å². The highest BCUT2D eigenvalue weighted by atomic mass is 15.3. The fourth-order valence-electron chi connectivity index (χ4n) is 2.61. The zero-order valence-corrected chi connectivity index (χ0v) is 9.82. The highest BCUT2D eigenvalue weighted by Crippen LogP contribution is 2.22. The van der Waals surface area contributed by atoms with Crippen molar-refractivity contribution in [2.24, 2.45) is 0 Å². The quantitative estimate of drug-likeness (QED) is 0.735. The Morgan fingerprint density at radius 1 is 1.25 bits per heavy atom. The van der Waals surface area contributed by atoms with Crippen molar-refractivity contribution in [2.45, 2.75) is 31.8 Å². The molecule has 3 heterocycles. The van der Waals surface area contributed by atoms with E-state index in [9.17, 15) is 0 Å². The van der Waals surface area contributed by atoms with Crippen LogP contribution in [0.3, 0.4) is 0 Å². The fraction of sp³-hybridized carbons (Fsp3) is 0.818. The van der Waals surface area contributed by atoms with E-state index in [0.717, 1.165) is 44.2 Å². The molecule has 1 aromatic rings. The van der Waals surface area contributed by atoms with E-state index in [0.29, 0.717) is 6.04 Å². The number of rotatable bonds is 1. The van der Waals surface area contributed by atoms with Gasteiger partial charge in [-0.2, -0.15) is 0 Å². The van der Waals surface area contributed by atoms with E-state index in [1.54, 1.807) is 0 Å². The lowest BCUT2D eigenvalue weighted by Crippen LogP contribution is -2.23. The normalized spacial score (nSPS) is 26.7. The highest BCUT2D eigenvalue weighted by Gasteiger charge is 2.25. The topological polar surface area (TPSA) is 46.0 Å². The molecule has 5 heteroatoms. The molecule has 1 saturated heterocycles. The van der Waals surface area contributed by atoms with Gasteiger partial charge in [0.15, 0.2) is 0 Å². The van der Waals surface area contributed by atoms with E-state index in [1.807, 2.05) is 0 Å². The number of hydrogen-bond donors (Lipinski definition) is 1. The minimum atomic E-state index is 0.435. The predicted molar refractivity (Wildman–Crippen MR) is 61.2 cm³/mol. The molecule has 3 rings (SSSR count). The molecule has 1 fully saturated rings. The lowest BCUT2D eigenvalue weighted by atomic mass is 10.2. The summed E-state index contributed by atoms with van der Waals surface area (Å²) in [5, 5.41) is 12.2. The molecule has 0 unspecified atom stereocenters. The van der Waals surface area contributed by atoms with Crippen LogP contribution >= 0.6 is 0 Å². The van der Waals surface area contributed by atoms with Gasteiger partial charge < -0.3 is 14.8 Å². The van der Waals surface area contributed by atoms with Crippen molar-refractivity contribution in [3.05, 3.63) is 11.6 Å². The summed E-state index contributed by atoms with van der Waals surface area (Å²) in [6.45, 7) is 4.35. The summed E-state index contributed by atoms with van der Waals surface area (Å²) >= 11 is 0. The fourth-order valence-corrected chi connectivity index (χ4v) is 2.61. The van der Waals surface area contributed by atoms with Crippen molar-refractivity contribution in [1.29, 1.82) is 0 Å². The monoisotopic (exact) mass is 221 g/mol. The van der Waals surface area contributed by atoms with Crippen LogP contribution in [0, 0.1) is 0 Å². The number of nitrogens with one attached hydrogen (secondary N) is 1. The van der Waals surface area contributed by atoms with Gasteiger partial charge in [0.25, 0.3) is 0 Å². The average Bonchev–Trinajstić information content (AvgIpc) is 2.89. The summed E-state index contributed by atoms with van der Waals surface area (Å²) in [5.41, 5.74) is 0. The molecule has 0 bridgehead atoms. The average molecular weight is 221 g/mol. The second-order valence-corrected chi connectivity index (χ2v) is 4.83.